The third kappa shape index (κ3) is 7.73. The molecule has 3 amide bonds. The highest BCUT2D eigenvalue weighted by atomic mass is 32.2. The molecule has 9 nitrogen and oxygen atoms in total. The van der Waals surface area contributed by atoms with Crippen LogP contribution in [0.1, 0.15) is 68.5 Å². The van der Waals surface area contributed by atoms with Crippen LogP contribution in [0.4, 0.5) is 4.79 Å². The van der Waals surface area contributed by atoms with Crippen LogP contribution in [0.2, 0.25) is 0 Å². The molecular formula is C28H39N5O4S2. The second kappa shape index (κ2) is 13.1. The van der Waals surface area contributed by atoms with Gasteiger partial charge in [-0.05, 0) is 69.6 Å². The molecule has 212 valence electrons. The molecule has 1 aromatic heterocycles. The first kappa shape index (κ1) is 29.4. The van der Waals surface area contributed by atoms with Gasteiger partial charge in [-0.15, -0.1) is 16.4 Å². The molecule has 2 N–H and O–H groups in total. The average molecular weight is 574 g/mol. The number of hydrogen-bond acceptors (Lipinski definition) is 8. The Labute approximate surface area is 238 Å². The lowest BCUT2D eigenvalue weighted by Gasteiger charge is -2.39. The molecule has 2 aliphatic rings. The first-order chi connectivity index (χ1) is 18.7. The van der Waals surface area contributed by atoms with E-state index in [1.807, 2.05) is 49.3 Å². The van der Waals surface area contributed by atoms with Gasteiger partial charge in [0.1, 0.15) is 5.66 Å². The highest BCUT2D eigenvalue weighted by molar-refractivity contribution is 8.13. The Morgan fingerprint density at radius 3 is 2.62 bits per heavy atom. The van der Waals surface area contributed by atoms with Gasteiger partial charge in [-0.2, -0.15) is 5.01 Å². The third-order valence-electron chi connectivity index (χ3n) is 6.90. The molecule has 1 atom stereocenters. The van der Waals surface area contributed by atoms with E-state index in [9.17, 15) is 14.4 Å². The maximum Gasteiger partial charge on any atom is 0.343 e. The minimum Gasteiger partial charge on any atom is -0.438 e. The van der Waals surface area contributed by atoms with Gasteiger partial charge in [0.15, 0.2) is 5.78 Å². The topological polar surface area (TPSA) is 103 Å². The fourth-order valence-corrected chi connectivity index (χ4v) is 6.56. The minimum atomic E-state index is -1.11. The van der Waals surface area contributed by atoms with E-state index in [4.69, 9.17) is 4.74 Å². The van der Waals surface area contributed by atoms with Gasteiger partial charge in [-0.1, -0.05) is 50.2 Å². The van der Waals surface area contributed by atoms with Crippen molar-refractivity contribution in [3.8, 4) is 0 Å². The molecule has 1 aliphatic heterocycles. The zero-order valence-electron chi connectivity index (χ0n) is 23.2. The number of hydrazone groups is 1. The molecule has 11 heteroatoms. The number of carbonyl (C=O) groups is 3. The number of Topliss-reactive ketones (excluding diaryl/α,β-unsaturated/α-hetero) is 1. The number of amides is 3. The Morgan fingerprint density at radius 2 is 1.92 bits per heavy atom. The number of thioether (sulfide) groups is 1. The predicted molar refractivity (Wildman–Crippen MR) is 158 cm³/mol. The number of ketones is 1. The summed E-state index contributed by atoms with van der Waals surface area (Å²) in [4.78, 5) is 42.8. The van der Waals surface area contributed by atoms with Crippen molar-refractivity contribution < 1.29 is 19.1 Å². The molecule has 1 saturated carbocycles. The summed E-state index contributed by atoms with van der Waals surface area (Å²) in [6, 6.07) is 9.21. The number of urea groups is 1. The summed E-state index contributed by atoms with van der Waals surface area (Å²) in [5.41, 5.74) is -0.926. The number of hydrogen-bond donors (Lipinski definition) is 2. The first-order valence-electron chi connectivity index (χ1n) is 13.6. The van der Waals surface area contributed by atoms with Gasteiger partial charge in [-0.3, -0.25) is 9.59 Å². The van der Waals surface area contributed by atoms with E-state index in [-0.39, 0.29) is 11.7 Å². The number of rotatable bonds is 10. The summed E-state index contributed by atoms with van der Waals surface area (Å²) in [7, 11) is 3.96. The molecule has 0 spiro atoms. The number of nitrogens with one attached hydrogen (secondary N) is 2. The van der Waals surface area contributed by atoms with Crippen LogP contribution in [0, 0.1) is 5.92 Å². The Bertz CT molecular complexity index is 1170. The summed E-state index contributed by atoms with van der Waals surface area (Å²) in [6.45, 7) is 4.91. The average Bonchev–Trinajstić information content (AvgIpc) is 3.52. The van der Waals surface area contributed by atoms with Crippen LogP contribution in [-0.4, -0.2) is 71.1 Å². The van der Waals surface area contributed by atoms with E-state index in [0.29, 0.717) is 47.5 Å². The molecule has 0 saturated heterocycles. The summed E-state index contributed by atoms with van der Waals surface area (Å²) in [5, 5.41) is 13.0. The van der Waals surface area contributed by atoms with E-state index < -0.39 is 17.9 Å². The van der Waals surface area contributed by atoms with Gasteiger partial charge >= 0.3 is 6.03 Å². The summed E-state index contributed by atoms with van der Waals surface area (Å²) >= 11 is 2.81. The summed E-state index contributed by atoms with van der Waals surface area (Å²) < 4.78 is 6.94. The van der Waals surface area contributed by atoms with Crippen molar-refractivity contribution >= 4 is 56.1 Å². The van der Waals surface area contributed by atoms with Crippen molar-refractivity contribution in [3.63, 3.8) is 0 Å². The van der Waals surface area contributed by atoms with Crippen LogP contribution < -0.4 is 10.6 Å². The SMILES string of the molecule is CC(C)CCC(=O)C1OC(SCCN(C)C)=NN1C(=O)NC1(NC(=O)c2cc3ccccc3s2)CCCCC1. The molecule has 1 aromatic carbocycles. The Balaban J connectivity index is 1.51. The maximum absolute atomic E-state index is 13.7. The van der Waals surface area contributed by atoms with Gasteiger partial charge in [0, 0.05) is 23.4 Å². The monoisotopic (exact) mass is 573 g/mol. The smallest absolute Gasteiger partial charge is 0.343 e. The zero-order valence-corrected chi connectivity index (χ0v) is 24.8. The van der Waals surface area contributed by atoms with Crippen LogP contribution >= 0.6 is 23.1 Å². The van der Waals surface area contributed by atoms with Crippen molar-refractivity contribution in [2.45, 2.75) is 70.7 Å². The molecule has 39 heavy (non-hydrogen) atoms. The number of ether oxygens (including phenoxy) is 1. The maximum atomic E-state index is 13.7. The molecule has 2 heterocycles. The molecular weight excluding hydrogens is 534 g/mol. The van der Waals surface area contributed by atoms with Crippen molar-refractivity contribution in [1.82, 2.24) is 20.5 Å². The number of thiophene rings is 1. The predicted octanol–water partition coefficient (Wildman–Crippen LogP) is 5.23. The molecule has 1 unspecified atom stereocenters. The third-order valence-corrected chi connectivity index (χ3v) is 8.82. The van der Waals surface area contributed by atoms with Crippen LogP contribution in [0.15, 0.2) is 35.4 Å². The summed E-state index contributed by atoms with van der Waals surface area (Å²) in [6.07, 6.45) is 3.87. The van der Waals surface area contributed by atoms with Gasteiger partial charge in [0.2, 0.25) is 0 Å². The standard InChI is InChI=1S/C28H39N5O4S2/c1-19(2)12-13-21(34)25-33(31-27(37-25)38-17-16-32(3)4)26(36)30-28(14-8-5-9-15-28)29-24(35)23-18-20-10-6-7-11-22(20)39-23/h6-7,10-11,18-19,25H,5,8-9,12-17H2,1-4H3,(H,29,35)(H,30,36). The van der Waals surface area contributed by atoms with Crippen LogP contribution in [0.3, 0.4) is 0 Å². The Hall–Kier alpha value is -2.63. The first-order valence-corrected chi connectivity index (χ1v) is 15.4. The van der Waals surface area contributed by atoms with Crippen molar-refractivity contribution in [2.75, 3.05) is 26.4 Å². The molecule has 0 radical (unpaired) electrons. The molecule has 4 rings (SSSR count). The van der Waals surface area contributed by atoms with Gasteiger partial charge in [0.25, 0.3) is 17.4 Å². The van der Waals surface area contributed by atoms with Crippen LogP contribution in [0.5, 0.6) is 0 Å². The van der Waals surface area contributed by atoms with Gasteiger partial charge in [0.05, 0.1) is 4.88 Å². The molecule has 1 aliphatic carbocycles. The largest absolute Gasteiger partial charge is 0.438 e. The lowest BCUT2D eigenvalue weighted by Crippen LogP contribution is -2.63. The second-order valence-electron chi connectivity index (χ2n) is 10.9. The van der Waals surface area contributed by atoms with E-state index >= 15 is 0 Å². The normalized spacial score (nSPS) is 18.8. The van der Waals surface area contributed by atoms with E-state index in [0.717, 1.165) is 40.9 Å². The number of fused-ring (bicyclic) bond motifs is 1. The Kier molecular flexibility index (Phi) is 9.90. The quantitative estimate of drug-likeness (QED) is 0.377. The van der Waals surface area contributed by atoms with E-state index in [2.05, 4.69) is 29.6 Å². The van der Waals surface area contributed by atoms with E-state index in [1.165, 1.54) is 23.1 Å². The Morgan fingerprint density at radius 1 is 1.18 bits per heavy atom. The molecule has 1 fully saturated rings. The van der Waals surface area contributed by atoms with Crippen LogP contribution in [-0.2, 0) is 9.53 Å². The number of nitrogens with zero attached hydrogens (tertiary/aromatic N) is 3. The fraction of sp³-hybridized carbons (Fsp3) is 0.571. The molecule has 0 bridgehead atoms. The van der Waals surface area contributed by atoms with Gasteiger partial charge in [-0.25, -0.2) is 4.79 Å². The number of carbonyl (C=O) groups excluding carboxylic acids is 3. The summed E-state index contributed by atoms with van der Waals surface area (Å²) in [5.74, 6) is 0.660. The van der Waals surface area contributed by atoms with Gasteiger partial charge < -0.3 is 20.3 Å². The van der Waals surface area contributed by atoms with Crippen molar-refractivity contribution in [1.29, 1.82) is 0 Å². The fourth-order valence-electron chi connectivity index (χ4n) is 4.67. The minimum absolute atomic E-state index is 0.183. The zero-order chi connectivity index (χ0) is 28.0. The lowest BCUT2D eigenvalue weighted by atomic mass is 9.88. The van der Waals surface area contributed by atoms with E-state index in [1.54, 1.807) is 0 Å². The van der Waals surface area contributed by atoms with Crippen molar-refractivity contribution in [3.05, 3.63) is 35.2 Å². The highest BCUT2D eigenvalue weighted by Gasteiger charge is 2.43. The van der Waals surface area contributed by atoms with Crippen molar-refractivity contribution in [2.24, 2.45) is 11.0 Å². The highest BCUT2D eigenvalue weighted by Crippen LogP contribution is 2.30. The molecule has 2 aromatic rings. The number of benzene rings is 1. The van der Waals surface area contributed by atoms with Crippen LogP contribution in [0.25, 0.3) is 10.1 Å². The lowest BCUT2D eigenvalue weighted by molar-refractivity contribution is -0.131. The second-order valence-corrected chi connectivity index (χ2v) is 13.0.